The van der Waals surface area contributed by atoms with Crippen LogP contribution in [0.5, 0.6) is 0 Å². The molecular formula is C12H24N2O8. The number of aliphatic hydroxyl groups is 8. The van der Waals surface area contributed by atoms with Crippen molar-refractivity contribution in [2.75, 3.05) is 13.2 Å². The summed E-state index contributed by atoms with van der Waals surface area (Å²) in [5.41, 5.74) is -0.215. The van der Waals surface area contributed by atoms with Gasteiger partial charge in [0.25, 0.3) is 0 Å². The Labute approximate surface area is 127 Å². The van der Waals surface area contributed by atoms with E-state index in [2.05, 4.69) is 10.2 Å². The highest BCUT2D eigenvalue weighted by atomic mass is 16.4. The topological polar surface area (TPSA) is 187 Å². The lowest BCUT2D eigenvalue weighted by Crippen LogP contribution is -2.43. The minimum Gasteiger partial charge on any atom is -0.394 e. The van der Waals surface area contributed by atoms with Crippen molar-refractivity contribution < 1.29 is 40.9 Å². The fourth-order valence-electron chi connectivity index (χ4n) is 1.41. The molecule has 0 saturated heterocycles. The summed E-state index contributed by atoms with van der Waals surface area (Å²) in [6.07, 6.45) is -9.64. The Kier molecular flexibility index (Phi) is 9.48. The number of hydrogen-bond donors (Lipinski definition) is 8. The van der Waals surface area contributed by atoms with Gasteiger partial charge in [-0.1, -0.05) is 0 Å². The molecule has 0 rings (SSSR count). The second-order valence-corrected chi connectivity index (χ2v) is 4.85. The van der Waals surface area contributed by atoms with Crippen LogP contribution in [-0.2, 0) is 0 Å². The van der Waals surface area contributed by atoms with Crippen LogP contribution in [0.25, 0.3) is 0 Å². The molecule has 0 radical (unpaired) electrons. The van der Waals surface area contributed by atoms with Gasteiger partial charge in [-0.25, -0.2) is 0 Å². The lowest BCUT2D eigenvalue weighted by molar-refractivity contribution is -0.0559. The predicted molar refractivity (Wildman–Crippen MR) is 76.4 cm³/mol. The summed E-state index contributed by atoms with van der Waals surface area (Å²) in [4.78, 5) is 0. The molecule has 10 heteroatoms. The van der Waals surface area contributed by atoms with Crippen molar-refractivity contribution in [3.05, 3.63) is 0 Å². The van der Waals surface area contributed by atoms with Gasteiger partial charge in [0.05, 0.1) is 24.6 Å². The Hall–Kier alpha value is -0.980. The first kappa shape index (κ1) is 21.0. The van der Waals surface area contributed by atoms with E-state index in [0.29, 0.717) is 0 Å². The monoisotopic (exact) mass is 324 g/mol. The van der Waals surface area contributed by atoms with E-state index in [1.54, 1.807) is 0 Å². The van der Waals surface area contributed by atoms with Crippen LogP contribution in [0, 0.1) is 0 Å². The van der Waals surface area contributed by atoms with Crippen molar-refractivity contribution in [1.82, 2.24) is 0 Å². The van der Waals surface area contributed by atoms with E-state index >= 15 is 0 Å². The summed E-state index contributed by atoms with van der Waals surface area (Å²) in [7, 11) is 0. The van der Waals surface area contributed by atoms with Crippen LogP contribution < -0.4 is 0 Å². The molecule has 0 aliphatic heterocycles. The van der Waals surface area contributed by atoms with Gasteiger partial charge in [-0.05, 0) is 13.8 Å². The van der Waals surface area contributed by atoms with E-state index in [1.807, 2.05) is 0 Å². The van der Waals surface area contributed by atoms with Gasteiger partial charge in [-0.15, -0.1) is 0 Å². The van der Waals surface area contributed by atoms with Gasteiger partial charge in [-0.2, -0.15) is 10.2 Å². The molecule has 0 spiro atoms. The molecule has 0 bridgehead atoms. The molecule has 0 saturated carbocycles. The Morgan fingerprint density at radius 1 is 0.682 bits per heavy atom. The quantitative estimate of drug-likeness (QED) is 0.155. The van der Waals surface area contributed by atoms with Crippen molar-refractivity contribution >= 4 is 11.4 Å². The molecule has 0 aromatic heterocycles. The highest BCUT2D eigenvalue weighted by Gasteiger charge is 2.28. The van der Waals surface area contributed by atoms with E-state index in [1.165, 1.54) is 13.8 Å². The molecule has 6 atom stereocenters. The average molecular weight is 324 g/mol. The number of hydrogen-bond acceptors (Lipinski definition) is 10. The molecule has 0 aromatic carbocycles. The SMILES string of the molecule is C/C(=N\N=C(/C)[C@@H](O)[C@H](O)[C@H](O)CO)[C@@H](O)[C@H](O)[C@H](O)CO. The number of nitrogens with zero attached hydrogens (tertiary/aromatic N) is 2. The molecule has 0 aliphatic carbocycles. The Bertz CT molecular complexity index is 353. The molecule has 0 amide bonds. The molecule has 130 valence electrons. The highest BCUT2D eigenvalue weighted by molar-refractivity contribution is 5.90. The van der Waals surface area contributed by atoms with E-state index in [9.17, 15) is 30.6 Å². The first-order valence-corrected chi connectivity index (χ1v) is 6.56. The maximum absolute atomic E-state index is 9.67. The Balaban J connectivity index is 4.90. The standard InChI is InChI=1S/C12H24N2O8/c1-5(9(19)11(21)7(17)3-15)13-14-6(2)10(20)12(22)8(18)4-16/h7-12,15-22H,3-4H2,1-2H3/b13-5+,14-6+/t7-,8-,9-,10-,11-,12-/m1/s1. The van der Waals surface area contributed by atoms with E-state index < -0.39 is 49.8 Å². The van der Waals surface area contributed by atoms with Gasteiger partial charge in [0, 0.05) is 0 Å². The Morgan fingerprint density at radius 2 is 0.955 bits per heavy atom. The summed E-state index contributed by atoms with van der Waals surface area (Å²) in [6, 6.07) is 0. The molecule has 10 nitrogen and oxygen atoms in total. The number of rotatable bonds is 9. The normalized spacial score (nSPS) is 21.9. The molecule has 0 aromatic rings. The van der Waals surface area contributed by atoms with Gasteiger partial charge in [-0.3, -0.25) is 0 Å². The average Bonchev–Trinajstić information content (AvgIpc) is 2.54. The van der Waals surface area contributed by atoms with E-state index in [-0.39, 0.29) is 11.4 Å². The molecular weight excluding hydrogens is 300 g/mol. The van der Waals surface area contributed by atoms with Crippen LogP contribution in [0.15, 0.2) is 10.2 Å². The van der Waals surface area contributed by atoms with Gasteiger partial charge in [0.15, 0.2) is 0 Å². The first-order chi connectivity index (χ1) is 10.2. The lowest BCUT2D eigenvalue weighted by atomic mass is 10.0. The molecule has 0 unspecified atom stereocenters. The molecule has 8 N–H and O–H groups in total. The molecule has 0 aliphatic rings. The summed E-state index contributed by atoms with van der Waals surface area (Å²) < 4.78 is 0. The van der Waals surface area contributed by atoms with Crippen LogP contribution in [0.3, 0.4) is 0 Å². The van der Waals surface area contributed by atoms with Crippen molar-refractivity contribution in [3.63, 3.8) is 0 Å². The smallest absolute Gasteiger partial charge is 0.122 e. The summed E-state index contributed by atoms with van der Waals surface area (Å²) >= 11 is 0. The zero-order chi connectivity index (χ0) is 17.4. The largest absolute Gasteiger partial charge is 0.394 e. The van der Waals surface area contributed by atoms with Gasteiger partial charge >= 0.3 is 0 Å². The second kappa shape index (κ2) is 9.92. The van der Waals surface area contributed by atoms with Gasteiger partial charge in [0.2, 0.25) is 0 Å². The summed E-state index contributed by atoms with van der Waals surface area (Å²) in [6.45, 7) is 1.08. The van der Waals surface area contributed by atoms with Gasteiger partial charge in [0.1, 0.15) is 36.6 Å². The fraction of sp³-hybridized carbons (Fsp3) is 0.833. The van der Waals surface area contributed by atoms with Crippen molar-refractivity contribution in [2.45, 2.75) is 50.5 Å². The van der Waals surface area contributed by atoms with Crippen LogP contribution >= 0.6 is 0 Å². The third-order valence-electron chi connectivity index (χ3n) is 3.03. The highest BCUT2D eigenvalue weighted by Crippen LogP contribution is 2.05. The molecule has 0 heterocycles. The van der Waals surface area contributed by atoms with Crippen molar-refractivity contribution in [3.8, 4) is 0 Å². The zero-order valence-corrected chi connectivity index (χ0v) is 12.4. The Morgan fingerprint density at radius 3 is 1.18 bits per heavy atom. The molecule has 22 heavy (non-hydrogen) atoms. The number of aliphatic hydroxyl groups excluding tert-OH is 8. The van der Waals surface area contributed by atoms with Crippen LogP contribution in [0.2, 0.25) is 0 Å². The van der Waals surface area contributed by atoms with Crippen LogP contribution in [0.4, 0.5) is 0 Å². The maximum atomic E-state index is 9.67. The zero-order valence-electron chi connectivity index (χ0n) is 12.4. The fourth-order valence-corrected chi connectivity index (χ4v) is 1.41. The minimum absolute atomic E-state index is 0.108. The van der Waals surface area contributed by atoms with Crippen LogP contribution in [0.1, 0.15) is 13.8 Å². The second-order valence-electron chi connectivity index (χ2n) is 4.85. The van der Waals surface area contributed by atoms with E-state index in [4.69, 9.17) is 10.2 Å². The maximum Gasteiger partial charge on any atom is 0.122 e. The third kappa shape index (κ3) is 6.02. The van der Waals surface area contributed by atoms with E-state index in [0.717, 1.165) is 0 Å². The summed E-state index contributed by atoms with van der Waals surface area (Å²) in [5.74, 6) is 0. The first-order valence-electron chi connectivity index (χ1n) is 6.56. The van der Waals surface area contributed by atoms with Crippen molar-refractivity contribution in [2.24, 2.45) is 10.2 Å². The lowest BCUT2D eigenvalue weighted by Gasteiger charge is -2.21. The van der Waals surface area contributed by atoms with Gasteiger partial charge < -0.3 is 40.9 Å². The van der Waals surface area contributed by atoms with Crippen LogP contribution in [-0.4, -0.2) is 102 Å². The molecule has 0 fully saturated rings. The third-order valence-corrected chi connectivity index (χ3v) is 3.03. The van der Waals surface area contributed by atoms with Crippen molar-refractivity contribution in [1.29, 1.82) is 0 Å². The minimum atomic E-state index is -1.67. The predicted octanol–water partition coefficient (Wildman–Crippen LogP) is -4.03. The summed E-state index contributed by atoms with van der Waals surface area (Å²) in [5, 5.41) is 81.1.